The Hall–Kier alpha value is -3.86. The van der Waals surface area contributed by atoms with Crippen LogP contribution in [0.25, 0.3) is 6.08 Å². The highest BCUT2D eigenvalue weighted by molar-refractivity contribution is 8.18. The number of thioether (sulfide) groups is 1. The molecule has 0 spiro atoms. The lowest BCUT2D eigenvalue weighted by atomic mass is 10.2. The number of anilines is 1. The number of ether oxygens (including phenoxy) is 2. The Morgan fingerprint density at radius 3 is 2.63 bits per heavy atom. The molecule has 2 aromatic rings. The fraction of sp³-hybridized carbons (Fsp3) is 0.105. The number of nitrogens with one attached hydrogen (secondary N) is 1. The van der Waals surface area contributed by atoms with Crippen molar-refractivity contribution in [2.24, 2.45) is 0 Å². The van der Waals surface area contributed by atoms with Crippen molar-refractivity contribution in [1.82, 2.24) is 4.90 Å². The SMILES string of the molecule is O=C(CN1C(=O)S/C(=C/c2ccc([N+](=O)[O-])cc2)C1=O)Nc1ccc2c(c1)OCO2. The normalized spacial score (nSPS) is 16.3. The van der Waals surface area contributed by atoms with E-state index in [0.29, 0.717) is 34.5 Å². The lowest BCUT2D eigenvalue weighted by Gasteiger charge is -2.12. The van der Waals surface area contributed by atoms with Gasteiger partial charge >= 0.3 is 0 Å². The molecule has 0 aliphatic carbocycles. The van der Waals surface area contributed by atoms with E-state index in [-0.39, 0.29) is 17.4 Å². The predicted octanol–water partition coefficient (Wildman–Crippen LogP) is 3.00. The number of hydrogen-bond acceptors (Lipinski definition) is 8. The van der Waals surface area contributed by atoms with E-state index >= 15 is 0 Å². The molecule has 10 nitrogen and oxygen atoms in total. The highest BCUT2D eigenvalue weighted by atomic mass is 32.2. The molecule has 152 valence electrons. The molecule has 0 unspecified atom stereocenters. The van der Waals surface area contributed by atoms with Crippen LogP contribution in [0.1, 0.15) is 5.56 Å². The van der Waals surface area contributed by atoms with Crippen LogP contribution in [-0.2, 0) is 9.59 Å². The summed E-state index contributed by atoms with van der Waals surface area (Å²) in [7, 11) is 0. The summed E-state index contributed by atoms with van der Waals surface area (Å²) >= 11 is 0.700. The third-order valence-corrected chi connectivity index (χ3v) is 5.14. The molecule has 1 saturated heterocycles. The van der Waals surface area contributed by atoms with Gasteiger partial charge in [0.25, 0.3) is 16.8 Å². The summed E-state index contributed by atoms with van der Waals surface area (Å²) < 4.78 is 10.4. The Balaban J connectivity index is 1.42. The van der Waals surface area contributed by atoms with Crippen molar-refractivity contribution in [2.75, 3.05) is 18.7 Å². The number of hydrogen-bond donors (Lipinski definition) is 1. The van der Waals surface area contributed by atoms with Gasteiger partial charge < -0.3 is 14.8 Å². The van der Waals surface area contributed by atoms with Gasteiger partial charge in [0.1, 0.15) is 6.54 Å². The minimum atomic E-state index is -0.607. The highest BCUT2D eigenvalue weighted by Crippen LogP contribution is 2.35. The molecule has 0 bridgehead atoms. The predicted molar refractivity (Wildman–Crippen MR) is 107 cm³/mol. The molecule has 30 heavy (non-hydrogen) atoms. The maximum atomic E-state index is 12.5. The summed E-state index contributed by atoms with van der Waals surface area (Å²) in [6.45, 7) is -0.346. The molecule has 0 radical (unpaired) electrons. The van der Waals surface area contributed by atoms with Gasteiger partial charge in [-0.1, -0.05) is 0 Å². The first kappa shape index (κ1) is 19.5. The average molecular weight is 427 g/mol. The molecule has 0 atom stereocenters. The average Bonchev–Trinajstić information content (AvgIpc) is 3.28. The molecule has 1 fully saturated rings. The number of non-ortho nitro benzene ring substituents is 1. The smallest absolute Gasteiger partial charge is 0.294 e. The summed E-state index contributed by atoms with van der Waals surface area (Å²) in [6, 6.07) is 10.4. The molecular weight excluding hydrogens is 414 g/mol. The number of imide groups is 1. The van der Waals surface area contributed by atoms with Crippen LogP contribution in [0, 0.1) is 10.1 Å². The first-order valence-corrected chi connectivity index (χ1v) is 9.42. The molecular formula is C19H13N3O7S. The minimum Gasteiger partial charge on any atom is -0.454 e. The quantitative estimate of drug-likeness (QED) is 0.438. The zero-order valence-corrected chi connectivity index (χ0v) is 16.0. The van der Waals surface area contributed by atoms with Gasteiger partial charge in [0.2, 0.25) is 12.7 Å². The molecule has 0 aromatic heterocycles. The number of rotatable bonds is 5. The van der Waals surface area contributed by atoms with Crippen molar-refractivity contribution < 1.29 is 28.8 Å². The van der Waals surface area contributed by atoms with E-state index < -0.39 is 28.5 Å². The van der Waals surface area contributed by atoms with Gasteiger partial charge in [0.05, 0.1) is 9.83 Å². The first-order valence-electron chi connectivity index (χ1n) is 8.60. The fourth-order valence-electron chi connectivity index (χ4n) is 2.80. The zero-order valence-electron chi connectivity index (χ0n) is 15.2. The van der Waals surface area contributed by atoms with Crippen LogP contribution in [0.3, 0.4) is 0 Å². The third kappa shape index (κ3) is 3.96. The van der Waals surface area contributed by atoms with Gasteiger partial charge in [-0.2, -0.15) is 0 Å². The van der Waals surface area contributed by atoms with Crippen LogP contribution in [-0.4, -0.2) is 40.2 Å². The second kappa shape index (κ2) is 7.87. The largest absolute Gasteiger partial charge is 0.454 e. The number of amides is 3. The van der Waals surface area contributed by atoms with E-state index in [1.165, 1.54) is 30.3 Å². The second-order valence-corrected chi connectivity index (χ2v) is 7.23. The summed E-state index contributed by atoms with van der Waals surface area (Å²) in [5.74, 6) is -0.0998. The zero-order chi connectivity index (χ0) is 21.3. The summed E-state index contributed by atoms with van der Waals surface area (Å²) in [5.41, 5.74) is 0.883. The number of nitro groups is 1. The number of benzene rings is 2. The maximum Gasteiger partial charge on any atom is 0.294 e. The number of carbonyl (C=O) groups excluding carboxylic acids is 3. The van der Waals surface area contributed by atoms with Crippen molar-refractivity contribution >= 4 is 46.3 Å². The second-order valence-electron chi connectivity index (χ2n) is 6.23. The van der Waals surface area contributed by atoms with Crippen LogP contribution in [0.2, 0.25) is 0 Å². The lowest BCUT2D eigenvalue weighted by Crippen LogP contribution is -2.36. The lowest BCUT2D eigenvalue weighted by molar-refractivity contribution is -0.384. The van der Waals surface area contributed by atoms with Gasteiger partial charge in [0.15, 0.2) is 11.5 Å². The van der Waals surface area contributed by atoms with Crippen molar-refractivity contribution in [2.45, 2.75) is 0 Å². The van der Waals surface area contributed by atoms with E-state index in [1.54, 1.807) is 18.2 Å². The highest BCUT2D eigenvalue weighted by Gasteiger charge is 2.36. The van der Waals surface area contributed by atoms with E-state index in [4.69, 9.17) is 9.47 Å². The number of nitrogens with zero attached hydrogens (tertiary/aromatic N) is 2. The van der Waals surface area contributed by atoms with Crippen LogP contribution < -0.4 is 14.8 Å². The van der Waals surface area contributed by atoms with Gasteiger partial charge in [0, 0.05) is 23.9 Å². The minimum absolute atomic E-state index is 0.0829. The molecule has 2 aromatic carbocycles. The van der Waals surface area contributed by atoms with E-state index in [0.717, 1.165) is 4.90 Å². The van der Waals surface area contributed by atoms with Crippen molar-refractivity contribution in [3.63, 3.8) is 0 Å². The molecule has 11 heteroatoms. The molecule has 0 saturated carbocycles. The Bertz CT molecular complexity index is 1100. The monoisotopic (exact) mass is 427 g/mol. The Morgan fingerprint density at radius 1 is 1.17 bits per heavy atom. The summed E-state index contributed by atoms with van der Waals surface area (Å²) in [5, 5.41) is 12.7. The molecule has 2 aliphatic rings. The van der Waals surface area contributed by atoms with Gasteiger partial charge in [-0.25, -0.2) is 0 Å². The van der Waals surface area contributed by atoms with Crippen LogP contribution >= 0.6 is 11.8 Å². The first-order chi connectivity index (χ1) is 14.4. The number of carbonyl (C=O) groups is 3. The molecule has 3 amide bonds. The summed E-state index contributed by atoms with van der Waals surface area (Å²) in [4.78, 5) is 48.2. The molecule has 4 rings (SSSR count). The maximum absolute atomic E-state index is 12.5. The van der Waals surface area contributed by atoms with E-state index in [9.17, 15) is 24.5 Å². The number of fused-ring (bicyclic) bond motifs is 1. The van der Waals surface area contributed by atoms with Gasteiger partial charge in [-0.15, -0.1) is 0 Å². The Kier molecular flexibility index (Phi) is 5.11. The van der Waals surface area contributed by atoms with Crippen LogP contribution in [0.15, 0.2) is 47.4 Å². The van der Waals surface area contributed by atoms with Gasteiger partial charge in [-0.3, -0.25) is 29.4 Å². The van der Waals surface area contributed by atoms with Crippen LogP contribution in [0.5, 0.6) is 11.5 Å². The van der Waals surface area contributed by atoms with Crippen molar-refractivity contribution in [1.29, 1.82) is 0 Å². The number of nitro benzene ring substituents is 1. The molecule has 1 N–H and O–H groups in total. The van der Waals surface area contributed by atoms with Gasteiger partial charge in [-0.05, 0) is 47.7 Å². The molecule has 2 heterocycles. The topological polar surface area (TPSA) is 128 Å². The Morgan fingerprint density at radius 2 is 1.90 bits per heavy atom. The van der Waals surface area contributed by atoms with E-state index in [1.807, 2.05) is 0 Å². The fourth-order valence-corrected chi connectivity index (χ4v) is 3.64. The summed E-state index contributed by atoms with van der Waals surface area (Å²) in [6.07, 6.45) is 1.45. The van der Waals surface area contributed by atoms with Crippen molar-refractivity contribution in [3.8, 4) is 11.5 Å². The van der Waals surface area contributed by atoms with Crippen molar-refractivity contribution in [3.05, 3.63) is 63.0 Å². The standard InChI is InChI=1S/C19H13N3O7S/c23-17(20-12-3-6-14-15(8-12)29-10-28-14)9-21-18(24)16(30-19(21)25)7-11-1-4-13(5-2-11)22(26)27/h1-8H,9-10H2,(H,20,23)/b16-7+. The van der Waals surface area contributed by atoms with E-state index in [2.05, 4.69) is 5.32 Å². The Labute approximate surface area is 173 Å². The molecule has 2 aliphatic heterocycles. The van der Waals surface area contributed by atoms with Crippen LogP contribution in [0.4, 0.5) is 16.2 Å². The third-order valence-electron chi connectivity index (χ3n) is 4.23.